The molecule has 2 heterocycles. The number of piperazine rings is 1. The monoisotopic (exact) mass is 441 g/mol. The maximum absolute atomic E-state index is 13.5. The lowest BCUT2D eigenvalue weighted by Gasteiger charge is -2.40. The van der Waals surface area contributed by atoms with Gasteiger partial charge in [0.1, 0.15) is 5.82 Å². The van der Waals surface area contributed by atoms with E-state index in [2.05, 4.69) is 34.1 Å². The van der Waals surface area contributed by atoms with E-state index in [-0.39, 0.29) is 17.8 Å². The largest absolute Gasteiger partial charge is 0.361 e. The molecule has 4 aromatic rings. The summed E-state index contributed by atoms with van der Waals surface area (Å²) in [5.41, 5.74) is 4.56. The summed E-state index contributed by atoms with van der Waals surface area (Å²) in [6, 6.07) is 25.4. The van der Waals surface area contributed by atoms with Crippen LogP contribution in [0, 0.1) is 5.82 Å². The van der Waals surface area contributed by atoms with Crippen LogP contribution in [0.15, 0.2) is 85.1 Å². The molecule has 4 nitrogen and oxygen atoms in total. The van der Waals surface area contributed by atoms with E-state index in [0.29, 0.717) is 19.5 Å². The second-order valence-electron chi connectivity index (χ2n) is 8.64. The highest BCUT2D eigenvalue weighted by Gasteiger charge is 2.28. The van der Waals surface area contributed by atoms with Crippen molar-refractivity contribution in [3.8, 4) is 0 Å². The first-order valence-corrected chi connectivity index (χ1v) is 11.6. The molecule has 0 aliphatic carbocycles. The third-order valence-corrected chi connectivity index (χ3v) is 6.62. The summed E-state index contributed by atoms with van der Waals surface area (Å²) >= 11 is 0. The molecule has 0 spiro atoms. The fourth-order valence-electron chi connectivity index (χ4n) is 4.86. The number of aromatic amines is 1. The molecule has 0 bridgehead atoms. The van der Waals surface area contributed by atoms with Crippen molar-refractivity contribution < 1.29 is 9.18 Å². The maximum Gasteiger partial charge on any atom is 0.222 e. The van der Waals surface area contributed by atoms with E-state index in [9.17, 15) is 9.18 Å². The number of benzene rings is 3. The van der Waals surface area contributed by atoms with E-state index in [1.165, 1.54) is 28.6 Å². The van der Waals surface area contributed by atoms with Gasteiger partial charge in [0.2, 0.25) is 5.91 Å². The molecule has 5 rings (SSSR count). The average molecular weight is 442 g/mol. The maximum atomic E-state index is 13.5. The summed E-state index contributed by atoms with van der Waals surface area (Å²) in [7, 11) is 0. The van der Waals surface area contributed by atoms with Crippen LogP contribution in [-0.2, 0) is 11.2 Å². The van der Waals surface area contributed by atoms with Gasteiger partial charge in [-0.05, 0) is 41.3 Å². The Bertz CT molecular complexity index is 1210. The van der Waals surface area contributed by atoms with Gasteiger partial charge in [-0.2, -0.15) is 0 Å². The van der Waals surface area contributed by atoms with Crippen molar-refractivity contribution in [2.75, 3.05) is 26.2 Å². The van der Waals surface area contributed by atoms with Crippen LogP contribution in [0.3, 0.4) is 0 Å². The number of H-pyrrole nitrogens is 1. The van der Waals surface area contributed by atoms with Crippen molar-refractivity contribution in [1.29, 1.82) is 0 Å². The van der Waals surface area contributed by atoms with E-state index in [1.54, 1.807) is 0 Å². The van der Waals surface area contributed by atoms with Gasteiger partial charge in [-0.1, -0.05) is 60.7 Å². The van der Waals surface area contributed by atoms with Crippen LogP contribution in [0.5, 0.6) is 0 Å². The minimum atomic E-state index is -0.226. The highest BCUT2D eigenvalue weighted by Crippen LogP contribution is 2.30. The van der Waals surface area contributed by atoms with Gasteiger partial charge in [-0.3, -0.25) is 9.69 Å². The van der Waals surface area contributed by atoms with Gasteiger partial charge in [0.05, 0.1) is 6.04 Å². The summed E-state index contributed by atoms with van der Waals surface area (Å²) in [6.45, 7) is 2.99. The smallest absolute Gasteiger partial charge is 0.222 e. The van der Waals surface area contributed by atoms with E-state index in [1.807, 2.05) is 53.6 Å². The number of para-hydroxylation sites is 1. The van der Waals surface area contributed by atoms with Crippen LogP contribution in [-0.4, -0.2) is 46.9 Å². The number of nitrogens with one attached hydrogen (secondary N) is 1. The number of rotatable bonds is 6. The predicted molar refractivity (Wildman–Crippen MR) is 129 cm³/mol. The number of carbonyl (C=O) groups excluding carboxylic acids is 1. The molecule has 1 amide bonds. The molecule has 1 aliphatic rings. The zero-order valence-electron chi connectivity index (χ0n) is 18.6. The normalized spacial score (nSPS) is 15.6. The van der Waals surface area contributed by atoms with Crippen molar-refractivity contribution in [1.82, 2.24) is 14.8 Å². The summed E-state index contributed by atoms with van der Waals surface area (Å²) in [5.74, 6) is -0.0193. The van der Waals surface area contributed by atoms with E-state index in [4.69, 9.17) is 0 Å². The predicted octanol–water partition coefficient (Wildman–Crippen LogP) is 5.17. The summed E-state index contributed by atoms with van der Waals surface area (Å²) in [6.07, 6.45) is 3.27. The molecule has 1 aromatic heterocycles. The highest BCUT2D eigenvalue weighted by atomic mass is 19.1. The van der Waals surface area contributed by atoms with Gasteiger partial charge in [0.25, 0.3) is 0 Å². The van der Waals surface area contributed by atoms with Crippen molar-refractivity contribution in [3.05, 3.63) is 108 Å². The van der Waals surface area contributed by atoms with Gasteiger partial charge >= 0.3 is 0 Å². The summed E-state index contributed by atoms with van der Waals surface area (Å²) in [5, 5.41) is 1.19. The Hall–Kier alpha value is -3.44. The lowest BCUT2D eigenvalue weighted by Crippen LogP contribution is -2.49. The van der Waals surface area contributed by atoms with Crippen molar-refractivity contribution in [3.63, 3.8) is 0 Å². The Balaban J connectivity index is 1.24. The fourth-order valence-corrected chi connectivity index (χ4v) is 4.86. The first-order chi connectivity index (χ1) is 16.2. The summed E-state index contributed by atoms with van der Waals surface area (Å²) in [4.78, 5) is 20.6. The minimum Gasteiger partial charge on any atom is -0.361 e. The van der Waals surface area contributed by atoms with Crippen LogP contribution in [0.4, 0.5) is 4.39 Å². The minimum absolute atomic E-state index is 0.0512. The van der Waals surface area contributed by atoms with Crippen LogP contribution in [0.25, 0.3) is 10.9 Å². The van der Waals surface area contributed by atoms with Gasteiger partial charge in [-0.25, -0.2) is 4.39 Å². The molecule has 168 valence electrons. The number of amides is 1. The highest BCUT2D eigenvalue weighted by molar-refractivity contribution is 5.84. The van der Waals surface area contributed by atoms with Gasteiger partial charge in [0, 0.05) is 49.7 Å². The first kappa shape index (κ1) is 21.4. The first-order valence-electron chi connectivity index (χ1n) is 11.6. The zero-order valence-corrected chi connectivity index (χ0v) is 18.6. The molecule has 1 saturated heterocycles. The topological polar surface area (TPSA) is 39.3 Å². The molecule has 0 radical (unpaired) electrons. The van der Waals surface area contributed by atoms with Crippen LogP contribution in [0.2, 0.25) is 0 Å². The second kappa shape index (κ2) is 9.59. The average Bonchev–Trinajstić information content (AvgIpc) is 3.28. The third-order valence-electron chi connectivity index (χ3n) is 6.62. The Morgan fingerprint density at radius 1 is 0.848 bits per heavy atom. The van der Waals surface area contributed by atoms with E-state index in [0.717, 1.165) is 30.6 Å². The Morgan fingerprint density at radius 3 is 2.27 bits per heavy atom. The number of hydrogen-bond donors (Lipinski definition) is 1. The van der Waals surface area contributed by atoms with Crippen molar-refractivity contribution >= 4 is 16.8 Å². The van der Waals surface area contributed by atoms with E-state index < -0.39 is 0 Å². The van der Waals surface area contributed by atoms with Gasteiger partial charge in [0.15, 0.2) is 0 Å². The van der Waals surface area contributed by atoms with Gasteiger partial charge in [-0.15, -0.1) is 0 Å². The number of aromatic nitrogens is 1. The number of hydrogen-bond acceptors (Lipinski definition) is 2. The molecule has 3 aromatic carbocycles. The van der Waals surface area contributed by atoms with Crippen LogP contribution >= 0.6 is 0 Å². The lowest BCUT2D eigenvalue weighted by molar-refractivity contribution is -0.133. The SMILES string of the molecule is O=C(CCc1c[nH]c2ccccc12)N1CCN(C(c2ccccc2)c2ccc(F)cc2)CC1. The number of carbonyl (C=O) groups is 1. The number of halogens is 1. The Kier molecular flexibility index (Phi) is 6.22. The number of aryl methyl sites for hydroxylation is 1. The van der Waals surface area contributed by atoms with Crippen molar-refractivity contribution in [2.45, 2.75) is 18.9 Å². The number of nitrogens with zero attached hydrogens (tertiary/aromatic N) is 2. The molecular formula is C28H28FN3O. The standard InChI is InChI=1S/C28H28FN3O/c29-24-13-10-22(11-14-24)28(21-6-2-1-3-7-21)32-18-16-31(17-19-32)27(33)15-12-23-20-30-26-9-5-4-8-25(23)26/h1-11,13-14,20,28,30H,12,15-19H2. The Labute approximate surface area is 193 Å². The Morgan fingerprint density at radius 2 is 1.52 bits per heavy atom. The zero-order chi connectivity index (χ0) is 22.6. The van der Waals surface area contributed by atoms with E-state index >= 15 is 0 Å². The lowest BCUT2D eigenvalue weighted by atomic mass is 9.96. The van der Waals surface area contributed by atoms with Crippen LogP contribution < -0.4 is 0 Å². The molecular weight excluding hydrogens is 413 g/mol. The van der Waals surface area contributed by atoms with Gasteiger partial charge < -0.3 is 9.88 Å². The number of fused-ring (bicyclic) bond motifs is 1. The molecule has 1 fully saturated rings. The molecule has 0 saturated carbocycles. The summed E-state index contributed by atoms with van der Waals surface area (Å²) < 4.78 is 13.5. The molecule has 1 unspecified atom stereocenters. The van der Waals surface area contributed by atoms with Crippen molar-refractivity contribution in [2.24, 2.45) is 0 Å². The molecule has 5 heteroatoms. The molecule has 1 N–H and O–H groups in total. The molecule has 1 atom stereocenters. The molecule has 33 heavy (non-hydrogen) atoms. The van der Waals surface area contributed by atoms with Crippen LogP contribution in [0.1, 0.15) is 29.2 Å². The second-order valence-corrected chi connectivity index (χ2v) is 8.64. The third kappa shape index (κ3) is 4.69. The quantitative estimate of drug-likeness (QED) is 0.448. The fraction of sp³-hybridized carbons (Fsp3) is 0.250. The molecule has 1 aliphatic heterocycles.